The van der Waals surface area contributed by atoms with Crippen molar-refractivity contribution >= 4 is 10.9 Å². The molecule has 1 aromatic heterocycles. The van der Waals surface area contributed by atoms with Crippen LogP contribution in [0.2, 0.25) is 0 Å². The molecule has 1 saturated heterocycles. The first-order valence-corrected chi connectivity index (χ1v) is 9.82. The first kappa shape index (κ1) is 18.7. The lowest BCUT2D eigenvalue weighted by molar-refractivity contribution is 0.232. The average molecular weight is 377 g/mol. The number of ether oxygens (including phenoxy) is 2. The Kier molecular flexibility index (Phi) is 5.74. The van der Waals surface area contributed by atoms with Crippen LogP contribution >= 0.6 is 0 Å². The molecule has 1 aliphatic rings. The quantitative estimate of drug-likeness (QED) is 0.736. The van der Waals surface area contributed by atoms with Gasteiger partial charge < -0.3 is 14.8 Å². The number of nitrogens with zero attached hydrogens (tertiary/aromatic N) is 2. The predicted octanol–water partition coefficient (Wildman–Crippen LogP) is 3.64. The van der Waals surface area contributed by atoms with Crippen LogP contribution in [-0.4, -0.2) is 50.3 Å². The number of pyridine rings is 1. The van der Waals surface area contributed by atoms with E-state index >= 15 is 0 Å². The normalized spacial score (nSPS) is 16.5. The maximum Gasteiger partial charge on any atom is 0.124 e. The summed E-state index contributed by atoms with van der Waals surface area (Å²) in [5.41, 5.74) is 3.14. The molecular formula is C23H27N3O2. The lowest BCUT2D eigenvalue weighted by atomic mass is 9.98. The standard InChI is InChI=1S/C23H27N3O2/c1-27-18-9-11-22(28-2)19(16-18)23(26-14-5-12-24-13-15-26)21-10-8-17-6-3-4-7-20(17)25-21/h3-4,6-11,16,23-24H,5,12-15H2,1-2H3. The van der Waals surface area contributed by atoms with Crippen LogP contribution in [0.15, 0.2) is 54.6 Å². The van der Waals surface area contributed by atoms with Crippen LogP contribution in [0.1, 0.15) is 23.7 Å². The maximum atomic E-state index is 5.73. The van der Waals surface area contributed by atoms with Gasteiger partial charge in [-0.25, -0.2) is 0 Å². The number of rotatable bonds is 5. The highest BCUT2D eigenvalue weighted by Gasteiger charge is 2.27. The van der Waals surface area contributed by atoms with Gasteiger partial charge in [0.15, 0.2) is 0 Å². The van der Waals surface area contributed by atoms with Gasteiger partial charge in [0.25, 0.3) is 0 Å². The summed E-state index contributed by atoms with van der Waals surface area (Å²) in [5.74, 6) is 1.69. The van der Waals surface area contributed by atoms with Crippen LogP contribution in [0.5, 0.6) is 11.5 Å². The zero-order valence-corrected chi connectivity index (χ0v) is 16.5. The topological polar surface area (TPSA) is 46.6 Å². The number of nitrogens with one attached hydrogen (secondary N) is 1. The number of benzene rings is 2. The Hall–Kier alpha value is -2.63. The Bertz CT molecular complexity index is 936. The SMILES string of the molecule is COc1ccc(OC)c(C(c2ccc3ccccc3n2)N2CCCNCC2)c1. The van der Waals surface area contributed by atoms with E-state index in [0.717, 1.165) is 66.3 Å². The molecule has 5 nitrogen and oxygen atoms in total. The number of methoxy groups -OCH3 is 2. The molecule has 0 aliphatic carbocycles. The molecule has 0 radical (unpaired) electrons. The smallest absolute Gasteiger partial charge is 0.124 e. The van der Waals surface area contributed by atoms with Crippen molar-refractivity contribution < 1.29 is 9.47 Å². The summed E-state index contributed by atoms with van der Waals surface area (Å²) in [6.07, 6.45) is 1.11. The second-order valence-electron chi connectivity index (χ2n) is 7.08. The fourth-order valence-electron chi connectivity index (χ4n) is 3.96. The first-order valence-electron chi connectivity index (χ1n) is 9.82. The van der Waals surface area contributed by atoms with Gasteiger partial charge in [-0.2, -0.15) is 0 Å². The van der Waals surface area contributed by atoms with Crippen molar-refractivity contribution in [2.75, 3.05) is 40.4 Å². The van der Waals surface area contributed by atoms with Crippen molar-refractivity contribution in [3.8, 4) is 11.5 Å². The van der Waals surface area contributed by atoms with E-state index in [9.17, 15) is 0 Å². The number of hydrogen-bond acceptors (Lipinski definition) is 5. The van der Waals surface area contributed by atoms with E-state index < -0.39 is 0 Å². The Morgan fingerprint density at radius 2 is 1.86 bits per heavy atom. The largest absolute Gasteiger partial charge is 0.497 e. The van der Waals surface area contributed by atoms with Gasteiger partial charge in [-0.05, 0) is 43.3 Å². The third-order valence-corrected chi connectivity index (χ3v) is 5.37. The molecule has 146 valence electrons. The molecule has 0 spiro atoms. The van der Waals surface area contributed by atoms with E-state index in [4.69, 9.17) is 14.5 Å². The third-order valence-electron chi connectivity index (χ3n) is 5.37. The molecule has 1 unspecified atom stereocenters. The molecule has 0 amide bonds. The average Bonchev–Trinajstić information content (AvgIpc) is 3.03. The summed E-state index contributed by atoms with van der Waals surface area (Å²) in [6, 6.07) is 18.6. The van der Waals surface area contributed by atoms with E-state index in [2.05, 4.69) is 40.5 Å². The van der Waals surface area contributed by atoms with Crippen LogP contribution in [-0.2, 0) is 0 Å². The summed E-state index contributed by atoms with van der Waals surface area (Å²) >= 11 is 0. The Morgan fingerprint density at radius 3 is 2.71 bits per heavy atom. The second-order valence-corrected chi connectivity index (χ2v) is 7.08. The molecule has 0 bridgehead atoms. The number of hydrogen-bond donors (Lipinski definition) is 1. The maximum absolute atomic E-state index is 5.73. The summed E-state index contributed by atoms with van der Waals surface area (Å²) < 4.78 is 11.2. The minimum Gasteiger partial charge on any atom is -0.497 e. The molecule has 5 heteroatoms. The lowest BCUT2D eigenvalue weighted by Gasteiger charge is -2.31. The summed E-state index contributed by atoms with van der Waals surface area (Å²) in [4.78, 5) is 7.52. The summed E-state index contributed by atoms with van der Waals surface area (Å²) in [5, 5.41) is 4.65. The minimum atomic E-state index is 0.00885. The van der Waals surface area contributed by atoms with E-state index in [1.54, 1.807) is 14.2 Å². The van der Waals surface area contributed by atoms with Gasteiger partial charge in [-0.15, -0.1) is 0 Å². The Morgan fingerprint density at radius 1 is 0.964 bits per heavy atom. The van der Waals surface area contributed by atoms with E-state index in [1.807, 2.05) is 24.3 Å². The molecule has 28 heavy (non-hydrogen) atoms. The Labute approximate surface area is 166 Å². The Balaban J connectivity index is 1.86. The van der Waals surface area contributed by atoms with Crippen LogP contribution in [0.25, 0.3) is 10.9 Å². The van der Waals surface area contributed by atoms with Crippen molar-refractivity contribution in [2.24, 2.45) is 0 Å². The summed E-state index contributed by atoms with van der Waals surface area (Å²) in [7, 11) is 3.42. The highest BCUT2D eigenvalue weighted by atomic mass is 16.5. The predicted molar refractivity (Wildman–Crippen MR) is 112 cm³/mol. The van der Waals surface area contributed by atoms with Crippen LogP contribution in [0, 0.1) is 0 Å². The number of para-hydroxylation sites is 1. The van der Waals surface area contributed by atoms with Crippen molar-refractivity contribution in [1.82, 2.24) is 15.2 Å². The second kappa shape index (κ2) is 8.59. The molecule has 2 aromatic carbocycles. The van der Waals surface area contributed by atoms with Gasteiger partial charge in [0.05, 0.1) is 31.5 Å². The van der Waals surface area contributed by atoms with Crippen LogP contribution in [0.3, 0.4) is 0 Å². The highest BCUT2D eigenvalue weighted by Crippen LogP contribution is 2.37. The zero-order valence-electron chi connectivity index (χ0n) is 16.5. The molecule has 4 rings (SSSR count). The highest BCUT2D eigenvalue weighted by molar-refractivity contribution is 5.78. The summed E-state index contributed by atoms with van der Waals surface area (Å²) in [6.45, 7) is 3.98. The lowest BCUT2D eigenvalue weighted by Crippen LogP contribution is -2.33. The van der Waals surface area contributed by atoms with Gasteiger partial charge in [-0.1, -0.05) is 24.3 Å². The van der Waals surface area contributed by atoms with E-state index in [0.29, 0.717) is 0 Å². The fraction of sp³-hybridized carbons (Fsp3) is 0.348. The molecule has 3 aromatic rings. The van der Waals surface area contributed by atoms with Gasteiger partial charge in [0.2, 0.25) is 0 Å². The van der Waals surface area contributed by atoms with E-state index in [1.165, 1.54) is 0 Å². The van der Waals surface area contributed by atoms with Gasteiger partial charge in [-0.3, -0.25) is 9.88 Å². The monoisotopic (exact) mass is 377 g/mol. The molecule has 1 N–H and O–H groups in total. The van der Waals surface area contributed by atoms with Gasteiger partial charge in [0, 0.05) is 30.6 Å². The molecule has 0 saturated carbocycles. The minimum absolute atomic E-state index is 0.00885. The molecule has 2 heterocycles. The van der Waals surface area contributed by atoms with Crippen molar-refractivity contribution in [1.29, 1.82) is 0 Å². The van der Waals surface area contributed by atoms with Crippen molar-refractivity contribution in [3.05, 3.63) is 65.9 Å². The fourth-order valence-corrected chi connectivity index (χ4v) is 3.96. The molecule has 1 aliphatic heterocycles. The first-order chi connectivity index (χ1) is 13.8. The van der Waals surface area contributed by atoms with Crippen LogP contribution in [0.4, 0.5) is 0 Å². The molecule has 1 fully saturated rings. The molecular weight excluding hydrogens is 350 g/mol. The van der Waals surface area contributed by atoms with Crippen molar-refractivity contribution in [3.63, 3.8) is 0 Å². The zero-order chi connectivity index (χ0) is 19.3. The van der Waals surface area contributed by atoms with Gasteiger partial charge in [0.1, 0.15) is 11.5 Å². The van der Waals surface area contributed by atoms with Gasteiger partial charge >= 0.3 is 0 Å². The van der Waals surface area contributed by atoms with Crippen molar-refractivity contribution in [2.45, 2.75) is 12.5 Å². The van der Waals surface area contributed by atoms with E-state index in [-0.39, 0.29) is 6.04 Å². The third kappa shape index (κ3) is 3.81. The van der Waals surface area contributed by atoms with Crippen LogP contribution < -0.4 is 14.8 Å². The number of fused-ring (bicyclic) bond motifs is 1. The number of aromatic nitrogens is 1. The molecule has 1 atom stereocenters.